The molecule has 11 rings (SSSR count). The summed E-state index contributed by atoms with van der Waals surface area (Å²) in [5, 5.41) is 10.4. The molecule has 0 amide bonds. The van der Waals surface area contributed by atoms with E-state index in [4.69, 9.17) is 0 Å². The van der Waals surface area contributed by atoms with E-state index in [9.17, 15) is 0 Å². The Morgan fingerprint density at radius 3 is 1.29 bits per heavy atom. The first kappa shape index (κ1) is 31.7. The molecule has 1 aliphatic rings. The summed E-state index contributed by atoms with van der Waals surface area (Å²) >= 11 is 0. The second-order valence-electron chi connectivity index (χ2n) is 15.6. The fraction of sp³-hybridized carbons (Fsp3) is 0.0545. The monoisotopic (exact) mass is 698 g/mol. The van der Waals surface area contributed by atoms with Crippen LogP contribution in [-0.2, 0) is 5.41 Å². The van der Waals surface area contributed by atoms with E-state index in [-0.39, 0.29) is 5.41 Å². The maximum Gasteiger partial charge on any atom is 0.0165 e. The Labute approximate surface area is 322 Å². The van der Waals surface area contributed by atoms with Crippen LogP contribution in [0.4, 0.5) is 0 Å². The van der Waals surface area contributed by atoms with E-state index in [1.165, 1.54) is 110 Å². The number of hydrogen-bond donors (Lipinski definition) is 0. The molecule has 10 aromatic rings. The van der Waals surface area contributed by atoms with Gasteiger partial charge < -0.3 is 0 Å². The van der Waals surface area contributed by atoms with E-state index in [0.29, 0.717) is 0 Å². The molecule has 0 heterocycles. The van der Waals surface area contributed by atoms with Crippen LogP contribution < -0.4 is 0 Å². The van der Waals surface area contributed by atoms with Crippen molar-refractivity contribution in [3.05, 3.63) is 205 Å². The maximum absolute atomic E-state index is 2.45. The molecule has 1 aliphatic carbocycles. The van der Waals surface area contributed by atoms with Crippen molar-refractivity contribution in [2.45, 2.75) is 19.3 Å². The molecule has 55 heavy (non-hydrogen) atoms. The van der Waals surface area contributed by atoms with Crippen LogP contribution in [-0.4, -0.2) is 0 Å². The quantitative estimate of drug-likeness (QED) is 0.127. The molecule has 0 bridgehead atoms. The summed E-state index contributed by atoms with van der Waals surface area (Å²) in [5.74, 6) is 0. The van der Waals surface area contributed by atoms with Crippen LogP contribution in [0.2, 0.25) is 0 Å². The van der Waals surface area contributed by atoms with Crippen molar-refractivity contribution in [2.75, 3.05) is 0 Å². The number of rotatable bonds is 4. The fourth-order valence-electron chi connectivity index (χ4n) is 9.75. The second kappa shape index (κ2) is 12.1. The highest BCUT2D eigenvalue weighted by molar-refractivity contribution is 6.22. The minimum Gasteiger partial charge on any atom is -0.0622 e. The molecular weight excluding hydrogens is 661 g/mol. The molecule has 258 valence electrons. The minimum absolute atomic E-state index is 0.103. The van der Waals surface area contributed by atoms with Gasteiger partial charge in [-0.1, -0.05) is 196 Å². The first-order valence-electron chi connectivity index (χ1n) is 19.4. The van der Waals surface area contributed by atoms with E-state index in [1.807, 2.05) is 0 Å². The lowest BCUT2D eigenvalue weighted by molar-refractivity contribution is 0.666. The predicted molar refractivity (Wildman–Crippen MR) is 236 cm³/mol. The summed E-state index contributed by atoms with van der Waals surface area (Å²) in [6.07, 6.45) is 0. The van der Waals surface area contributed by atoms with E-state index < -0.39 is 0 Å². The Morgan fingerprint density at radius 2 is 0.673 bits per heavy atom. The Hall–Kier alpha value is -6.76. The number of fused-ring (bicyclic) bond motifs is 10. The molecule has 0 fully saturated rings. The molecule has 0 N–H and O–H groups in total. The van der Waals surface area contributed by atoms with Crippen molar-refractivity contribution < 1.29 is 0 Å². The van der Waals surface area contributed by atoms with Gasteiger partial charge in [0, 0.05) is 5.41 Å². The van der Waals surface area contributed by atoms with Crippen molar-refractivity contribution in [3.8, 4) is 55.6 Å². The summed E-state index contributed by atoms with van der Waals surface area (Å²) in [4.78, 5) is 0. The van der Waals surface area contributed by atoms with Crippen LogP contribution >= 0.6 is 0 Å². The first-order chi connectivity index (χ1) is 27.1. The fourth-order valence-corrected chi connectivity index (χ4v) is 9.75. The van der Waals surface area contributed by atoms with E-state index in [0.717, 1.165) is 0 Å². The number of hydrogen-bond acceptors (Lipinski definition) is 0. The third kappa shape index (κ3) is 4.78. The third-order valence-electron chi connectivity index (χ3n) is 12.2. The minimum atomic E-state index is -0.103. The Balaban J connectivity index is 1.06. The summed E-state index contributed by atoms with van der Waals surface area (Å²) in [7, 11) is 0. The van der Waals surface area contributed by atoms with E-state index >= 15 is 0 Å². The predicted octanol–water partition coefficient (Wildman–Crippen LogP) is 15.3. The van der Waals surface area contributed by atoms with Crippen LogP contribution in [0.3, 0.4) is 0 Å². The Kier molecular flexibility index (Phi) is 7.00. The van der Waals surface area contributed by atoms with Crippen LogP contribution in [0, 0.1) is 0 Å². The molecule has 0 aliphatic heterocycles. The molecule has 0 aromatic heterocycles. The zero-order valence-corrected chi connectivity index (χ0v) is 31.0. The third-order valence-corrected chi connectivity index (χ3v) is 12.2. The van der Waals surface area contributed by atoms with Crippen molar-refractivity contribution in [2.24, 2.45) is 0 Å². The molecule has 0 heteroatoms. The highest BCUT2D eigenvalue weighted by atomic mass is 14.4. The van der Waals surface area contributed by atoms with Crippen molar-refractivity contribution >= 4 is 43.1 Å². The summed E-state index contributed by atoms with van der Waals surface area (Å²) in [5.41, 5.74) is 15.4. The lowest BCUT2D eigenvalue weighted by atomic mass is 9.79. The van der Waals surface area contributed by atoms with Crippen molar-refractivity contribution in [1.29, 1.82) is 0 Å². The SMILES string of the molecule is CC1(C)c2ccc(-c3ccc(-c4c5ccccc5c(-c5cccc(-c6ccccc6)c5)c5ccccc45)cc3)cc2-c2c1c1ccccc1c1ccccc21. The average Bonchev–Trinajstić information content (AvgIpc) is 3.49. The van der Waals surface area contributed by atoms with E-state index in [1.54, 1.807) is 0 Å². The summed E-state index contributed by atoms with van der Waals surface area (Å²) in [6, 6.07) is 71.9. The van der Waals surface area contributed by atoms with Crippen molar-refractivity contribution in [1.82, 2.24) is 0 Å². The maximum atomic E-state index is 2.45. The largest absolute Gasteiger partial charge is 0.0622 e. The molecule has 0 saturated heterocycles. The smallest absolute Gasteiger partial charge is 0.0165 e. The van der Waals surface area contributed by atoms with Gasteiger partial charge in [0.05, 0.1) is 0 Å². The van der Waals surface area contributed by atoms with Crippen LogP contribution in [0.5, 0.6) is 0 Å². The summed E-state index contributed by atoms with van der Waals surface area (Å²) < 4.78 is 0. The summed E-state index contributed by atoms with van der Waals surface area (Å²) in [6.45, 7) is 4.79. The molecule has 0 radical (unpaired) electrons. The second-order valence-corrected chi connectivity index (χ2v) is 15.6. The lowest BCUT2D eigenvalue weighted by Crippen LogP contribution is -2.15. The molecule has 0 nitrogen and oxygen atoms in total. The lowest BCUT2D eigenvalue weighted by Gasteiger charge is -2.24. The van der Waals surface area contributed by atoms with Gasteiger partial charge in [0.15, 0.2) is 0 Å². The van der Waals surface area contributed by atoms with Crippen LogP contribution in [0.1, 0.15) is 25.0 Å². The van der Waals surface area contributed by atoms with Gasteiger partial charge in [-0.3, -0.25) is 0 Å². The molecular formula is C55H38. The zero-order valence-electron chi connectivity index (χ0n) is 31.0. The van der Waals surface area contributed by atoms with Crippen molar-refractivity contribution in [3.63, 3.8) is 0 Å². The van der Waals surface area contributed by atoms with Crippen LogP contribution in [0.25, 0.3) is 98.7 Å². The van der Waals surface area contributed by atoms with E-state index in [2.05, 4.69) is 208 Å². The number of benzene rings is 10. The Bertz CT molecular complexity index is 3090. The highest BCUT2D eigenvalue weighted by Gasteiger charge is 2.38. The van der Waals surface area contributed by atoms with Gasteiger partial charge >= 0.3 is 0 Å². The molecule has 0 saturated carbocycles. The van der Waals surface area contributed by atoms with Gasteiger partial charge in [0.2, 0.25) is 0 Å². The van der Waals surface area contributed by atoms with Gasteiger partial charge in [-0.05, 0) is 122 Å². The topological polar surface area (TPSA) is 0 Å². The van der Waals surface area contributed by atoms with Crippen LogP contribution in [0.15, 0.2) is 194 Å². The highest BCUT2D eigenvalue weighted by Crippen LogP contribution is 2.55. The van der Waals surface area contributed by atoms with Gasteiger partial charge in [0.1, 0.15) is 0 Å². The zero-order chi connectivity index (χ0) is 36.7. The molecule has 0 unspecified atom stereocenters. The normalized spacial score (nSPS) is 13.1. The standard InChI is InChI=1S/C55H38/c1-55(2)50-32-31-39(34-49(50)53-43-21-8-6-19-41(43)42-20-7-13-26-48(42)54(53)55)36-27-29-37(30-28-36)51-44-22-9-11-24-46(44)52(47-25-12-10-23-45(47)51)40-18-14-17-38(33-40)35-15-4-3-5-16-35/h3-34H,1-2H3. The van der Waals surface area contributed by atoms with Gasteiger partial charge in [-0.15, -0.1) is 0 Å². The molecule has 0 atom stereocenters. The Morgan fingerprint density at radius 1 is 0.273 bits per heavy atom. The average molecular weight is 699 g/mol. The van der Waals surface area contributed by atoms with Gasteiger partial charge in [-0.2, -0.15) is 0 Å². The molecule has 10 aromatic carbocycles. The first-order valence-corrected chi connectivity index (χ1v) is 19.4. The molecule has 0 spiro atoms. The van der Waals surface area contributed by atoms with Gasteiger partial charge in [-0.25, -0.2) is 0 Å². The van der Waals surface area contributed by atoms with Gasteiger partial charge in [0.25, 0.3) is 0 Å².